The van der Waals surface area contributed by atoms with Crippen LogP contribution in [0.3, 0.4) is 0 Å². The van der Waals surface area contributed by atoms with E-state index in [0.29, 0.717) is 17.4 Å². The molecule has 2 aromatic rings. The number of carbonyl (C=O) groups excluding carboxylic acids is 2. The van der Waals surface area contributed by atoms with Crippen molar-refractivity contribution in [1.29, 1.82) is 0 Å². The summed E-state index contributed by atoms with van der Waals surface area (Å²) in [7, 11) is 0. The molecule has 25 heavy (non-hydrogen) atoms. The topological polar surface area (TPSA) is 86.8 Å². The van der Waals surface area contributed by atoms with Crippen LogP contribution in [0.1, 0.15) is 0 Å². The van der Waals surface area contributed by atoms with Crippen LogP contribution in [-0.2, 0) is 23.8 Å². The van der Waals surface area contributed by atoms with Gasteiger partial charge in [-0.2, -0.15) is 0 Å². The zero-order chi connectivity index (χ0) is 17.6. The summed E-state index contributed by atoms with van der Waals surface area (Å²) in [5.41, 5.74) is 1.33. The van der Waals surface area contributed by atoms with Gasteiger partial charge < -0.3 is 14.2 Å². The molecule has 0 saturated heterocycles. The number of halogens is 1. The van der Waals surface area contributed by atoms with Crippen molar-refractivity contribution in [3.05, 3.63) is 47.5 Å². The highest BCUT2D eigenvalue weighted by Gasteiger charge is 2.18. The van der Waals surface area contributed by atoms with E-state index in [2.05, 4.69) is 10.3 Å². The van der Waals surface area contributed by atoms with Crippen molar-refractivity contribution in [2.75, 3.05) is 25.1 Å². The van der Waals surface area contributed by atoms with Crippen LogP contribution in [0.5, 0.6) is 0 Å². The number of nitrogens with zero attached hydrogens (tertiary/aromatic N) is 1. The van der Waals surface area contributed by atoms with Gasteiger partial charge in [-0.15, -0.1) is 11.3 Å². The lowest BCUT2D eigenvalue weighted by atomic mass is 10.2. The average molecular weight is 364 g/mol. The predicted molar refractivity (Wildman–Crippen MR) is 87.1 cm³/mol. The minimum absolute atomic E-state index is 0.0769. The number of carbonyl (C=O) groups is 2. The second-order valence-corrected chi connectivity index (χ2v) is 5.73. The molecule has 0 unspecified atom stereocenters. The monoisotopic (exact) mass is 364 g/mol. The van der Waals surface area contributed by atoms with E-state index in [-0.39, 0.29) is 18.2 Å². The van der Waals surface area contributed by atoms with E-state index >= 15 is 0 Å². The van der Waals surface area contributed by atoms with Crippen LogP contribution in [0.2, 0.25) is 0 Å². The zero-order valence-corrected chi connectivity index (χ0v) is 13.7. The maximum atomic E-state index is 12.9. The van der Waals surface area contributed by atoms with Crippen molar-refractivity contribution in [2.24, 2.45) is 0 Å². The number of esters is 1. The Hall–Kier alpha value is -2.94. The van der Waals surface area contributed by atoms with E-state index in [4.69, 9.17) is 14.2 Å². The van der Waals surface area contributed by atoms with E-state index in [0.717, 1.165) is 11.8 Å². The Labute approximate surface area is 146 Å². The zero-order valence-electron chi connectivity index (χ0n) is 12.9. The van der Waals surface area contributed by atoms with Gasteiger partial charge in [0, 0.05) is 10.9 Å². The molecule has 0 atom stereocenters. The van der Waals surface area contributed by atoms with Crippen LogP contribution >= 0.6 is 11.3 Å². The van der Waals surface area contributed by atoms with Gasteiger partial charge in [-0.1, -0.05) is 0 Å². The first-order chi connectivity index (χ1) is 12.1. The lowest BCUT2D eigenvalue weighted by molar-refractivity contribution is -0.148. The summed E-state index contributed by atoms with van der Waals surface area (Å²) in [5.74, 6) is -1.73. The molecule has 0 aliphatic carbocycles. The molecule has 1 aliphatic heterocycles. The molecule has 0 fully saturated rings. The fourth-order valence-electron chi connectivity index (χ4n) is 1.92. The number of rotatable bonds is 5. The predicted octanol–water partition coefficient (Wildman–Crippen LogP) is 2.32. The summed E-state index contributed by atoms with van der Waals surface area (Å²) in [6.07, 6.45) is 1.15. The van der Waals surface area contributed by atoms with E-state index in [1.807, 2.05) is 0 Å². The minimum atomic E-state index is -0.777. The molecule has 1 aromatic heterocycles. The molecule has 1 aromatic carbocycles. The van der Waals surface area contributed by atoms with Gasteiger partial charge in [0.25, 0.3) is 5.91 Å². The molecule has 0 saturated carbocycles. The van der Waals surface area contributed by atoms with Gasteiger partial charge in [-0.3, -0.25) is 10.1 Å². The smallest absolute Gasteiger partial charge is 0.377 e. The summed E-state index contributed by atoms with van der Waals surface area (Å²) in [5, 5.41) is 4.60. The highest BCUT2D eigenvalue weighted by atomic mass is 32.1. The number of benzene rings is 1. The van der Waals surface area contributed by atoms with Crippen molar-refractivity contribution >= 4 is 28.3 Å². The molecular formula is C16H13FN2O5S. The van der Waals surface area contributed by atoms with Gasteiger partial charge in [0.15, 0.2) is 11.7 Å². The number of aromatic nitrogens is 1. The van der Waals surface area contributed by atoms with Crippen molar-refractivity contribution in [3.63, 3.8) is 0 Å². The van der Waals surface area contributed by atoms with Crippen molar-refractivity contribution in [3.8, 4) is 11.3 Å². The summed E-state index contributed by atoms with van der Waals surface area (Å²) in [6.45, 7) is 0.126. The average Bonchev–Trinajstić information content (AvgIpc) is 3.09. The van der Waals surface area contributed by atoms with Gasteiger partial charge in [-0.05, 0) is 24.3 Å². The standard InChI is InChI=1S/C16H13FN2O5S/c17-11-3-1-10(2-4-11)12-9-25-16(18-12)19-14(20)8-24-15(21)13-7-22-5-6-23-13/h1-4,7,9H,5-6,8H2,(H,18,19,20). The van der Waals surface area contributed by atoms with E-state index < -0.39 is 18.5 Å². The maximum Gasteiger partial charge on any atom is 0.377 e. The number of ether oxygens (including phenoxy) is 3. The van der Waals surface area contributed by atoms with Crippen LogP contribution in [0, 0.1) is 5.82 Å². The molecule has 0 spiro atoms. The van der Waals surface area contributed by atoms with E-state index in [1.54, 1.807) is 17.5 Å². The molecule has 3 rings (SSSR count). The maximum absolute atomic E-state index is 12.9. The van der Waals surface area contributed by atoms with Gasteiger partial charge in [0.2, 0.25) is 5.76 Å². The highest BCUT2D eigenvalue weighted by Crippen LogP contribution is 2.24. The van der Waals surface area contributed by atoms with Crippen LogP contribution in [0.25, 0.3) is 11.3 Å². The number of hydrogen-bond acceptors (Lipinski definition) is 7. The fraction of sp³-hybridized carbons (Fsp3) is 0.188. The number of amides is 1. The number of thiazole rings is 1. The third-order valence-electron chi connectivity index (χ3n) is 3.08. The Morgan fingerprint density at radius 1 is 1.28 bits per heavy atom. The first-order valence-corrected chi connectivity index (χ1v) is 8.13. The largest absolute Gasteiger partial charge is 0.493 e. The molecule has 1 aliphatic rings. The fourth-order valence-corrected chi connectivity index (χ4v) is 2.65. The Morgan fingerprint density at radius 3 is 2.80 bits per heavy atom. The number of anilines is 1. The molecule has 7 nitrogen and oxygen atoms in total. The van der Waals surface area contributed by atoms with Crippen molar-refractivity contribution < 1.29 is 28.2 Å². The summed E-state index contributed by atoms with van der Waals surface area (Å²) in [4.78, 5) is 27.7. The molecule has 2 heterocycles. The molecule has 0 bridgehead atoms. The Balaban J connectivity index is 1.52. The third kappa shape index (κ3) is 4.54. The van der Waals surface area contributed by atoms with E-state index in [9.17, 15) is 14.0 Å². The van der Waals surface area contributed by atoms with Gasteiger partial charge in [-0.25, -0.2) is 14.2 Å². The number of nitrogens with one attached hydrogen (secondary N) is 1. The van der Waals surface area contributed by atoms with Crippen molar-refractivity contribution in [2.45, 2.75) is 0 Å². The molecular weight excluding hydrogens is 351 g/mol. The van der Waals surface area contributed by atoms with Crippen molar-refractivity contribution in [1.82, 2.24) is 4.98 Å². The van der Waals surface area contributed by atoms with Crippen LogP contribution in [0.4, 0.5) is 9.52 Å². The molecule has 130 valence electrons. The lowest BCUT2D eigenvalue weighted by Crippen LogP contribution is -2.23. The number of hydrogen-bond donors (Lipinski definition) is 1. The van der Waals surface area contributed by atoms with Crippen LogP contribution in [-0.4, -0.2) is 36.7 Å². The second-order valence-electron chi connectivity index (χ2n) is 4.87. The quantitative estimate of drug-likeness (QED) is 0.820. The van der Waals surface area contributed by atoms with E-state index in [1.165, 1.54) is 23.5 Å². The Kier molecular flexibility index (Phi) is 5.24. The van der Waals surface area contributed by atoms with Crippen LogP contribution in [0.15, 0.2) is 41.7 Å². The minimum Gasteiger partial charge on any atom is -0.493 e. The first kappa shape index (κ1) is 16.9. The van der Waals surface area contributed by atoms with Gasteiger partial charge in [0.1, 0.15) is 25.3 Å². The van der Waals surface area contributed by atoms with Gasteiger partial charge >= 0.3 is 5.97 Å². The third-order valence-corrected chi connectivity index (χ3v) is 3.83. The normalized spacial score (nSPS) is 13.2. The van der Waals surface area contributed by atoms with Crippen LogP contribution < -0.4 is 5.32 Å². The Bertz CT molecular complexity index is 803. The molecule has 1 amide bonds. The molecule has 0 radical (unpaired) electrons. The van der Waals surface area contributed by atoms with Gasteiger partial charge in [0.05, 0.1) is 5.69 Å². The molecule has 9 heteroatoms. The molecule has 1 N–H and O–H groups in total. The summed E-state index contributed by atoms with van der Waals surface area (Å²) < 4.78 is 27.7. The SMILES string of the molecule is O=C(COC(=O)C1=COCCO1)Nc1nc(-c2ccc(F)cc2)cs1. The first-order valence-electron chi connectivity index (χ1n) is 7.25. The summed E-state index contributed by atoms with van der Waals surface area (Å²) >= 11 is 1.21. The highest BCUT2D eigenvalue weighted by molar-refractivity contribution is 7.14. The second kappa shape index (κ2) is 7.75. The lowest BCUT2D eigenvalue weighted by Gasteiger charge is -2.14. The summed E-state index contributed by atoms with van der Waals surface area (Å²) in [6, 6.07) is 5.85. The Morgan fingerprint density at radius 2 is 2.08 bits per heavy atom.